The number of anilines is 2. The molecule has 1 aliphatic heterocycles. The van der Waals surface area contributed by atoms with Crippen LogP contribution >= 0.6 is 0 Å². The van der Waals surface area contributed by atoms with Crippen molar-refractivity contribution in [1.29, 1.82) is 0 Å². The molecule has 2 N–H and O–H groups in total. The number of aryl methyl sites for hydroxylation is 1. The van der Waals surface area contributed by atoms with Crippen LogP contribution in [-0.2, 0) is 20.1 Å². The minimum Gasteiger partial charge on any atom is -0.497 e. The van der Waals surface area contributed by atoms with Gasteiger partial charge in [-0.3, -0.25) is 13.9 Å². The van der Waals surface area contributed by atoms with E-state index in [0.717, 1.165) is 16.0 Å². The van der Waals surface area contributed by atoms with Crippen LogP contribution in [0.5, 0.6) is 5.75 Å². The average molecular weight is 387 g/mol. The van der Waals surface area contributed by atoms with Gasteiger partial charge in [0.2, 0.25) is 5.95 Å². The first kappa shape index (κ1) is 18.3. The van der Waals surface area contributed by atoms with Crippen molar-refractivity contribution in [2.45, 2.75) is 19.2 Å². The van der Waals surface area contributed by atoms with E-state index in [1.54, 1.807) is 11.7 Å². The molecule has 148 valence electrons. The molecule has 0 fully saturated rings. The van der Waals surface area contributed by atoms with Crippen molar-refractivity contribution in [3.63, 3.8) is 0 Å². The summed E-state index contributed by atoms with van der Waals surface area (Å²) in [6.07, 6.45) is -1.19. The second-order valence-electron chi connectivity index (χ2n) is 6.68. The summed E-state index contributed by atoms with van der Waals surface area (Å²) in [5.41, 5.74) is 0.380. The maximum absolute atomic E-state index is 13.0. The molecule has 0 aliphatic carbocycles. The van der Waals surface area contributed by atoms with Crippen LogP contribution in [0.15, 0.2) is 33.9 Å². The zero-order chi connectivity index (χ0) is 20.0. The predicted octanol–water partition coefficient (Wildman–Crippen LogP) is -0.590. The van der Waals surface area contributed by atoms with Gasteiger partial charge < -0.3 is 24.4 Å². The van der Waals surface area contributed by atoms with Crippen molar-refractivity contribution in [3.05, 3.63) is 45.1 Å². The molecule has 2 aromatic heterocycles. The summed E-state index contributed by atoms with van der Waals surface area (Å²) in [5.74, 6) is 1.32. The number of hydrogen-bond acceptors (Lipinski definition) is 7. The minimum absolute atomic E-state index is 0.277. The highest BCUT2D eigenvalue weighted by Gasteiger charge is 2.29. The van der Waals surface area contributed by atoms with Gasteiger partial charge in [-0.2, -0.15) is 4.98 Å². The van der Waals surface area contributed by atoms with Gasteiger partial charge in [0.05, 0.1) is 26.4 Å². The van der Waals surface area contributed by atoms with Crippen LogP contribution in [0.2, 0.25) is 0 Å². The van der Waals surface area contributed by atoms with Gasteiger partial charge in [0.25, 0.3) is 5.56 Å². The first-order chi connectivity index (χ1) is 13.5. The monoisotopic (exact) mass is 387 g/mol. The lowest BCUT2D eigenvalue weighted by molar-refractivity contribution is 0.0791. The molecular formula is C18H21N5O5. The number of hydrogen-bond donors (Lipinski definition) is 2. The molecule has 1 aromatic carbocycles. The number of aliphatic hydroxyl groups is 2. The molecule has 1 atom stereocenters. The number of aromatic nitrogens is 4. The van der Waals surface area contributed by atoms with Gasteiger partial charge in [0.1, 0.15) is 5.75 Å². The van der Waals surface area contributed by atoms with Crippen molar-refractivity contribution >= 4 is 22.8 Å². The third-order valence-corrected chi connectivity index (χ3v) is 4.99. The van der Waals surface area contributed by atoms with Crippen LogP contribution in [0, 0.1) is 0 Å². The molecule has 1 aliphatic rings. The summed E-state index contributed by atoms with van der Waals surface area (Å²) in [5, 5.41) is 18.8. The van der Waals surface area contributed by atoms with Crippen molar-refractivity contribution in [2.75, 3.05) is 25.2 Å². The Morgan fingerprint density at radius 2 is 1.93 bits per heavy atom. The molecule has 0 bridgehead atoms. The van der Waals surface area contributed by atoms with E-state index >= 15 is 0 Å². The molecule has 28 heavy (non-hydrogen) atoms. The lowest BCUT2D eigenvalue weighted by atomic mass is 10.3. The number of imidazole rings is 1. The number of fused-ring (bicyclic) bond motifs is 3. The average Bonchev–Trinajstić information content (AvgIpc) is 3.29. The number of benzene rings is 1. The van der Waals surface area contributed by atoms with Crippen molar-refractivity contribution in [3.8, 4) is 5.75 Å². The maximum atomic E-state index is 13.0. The number of rotatable bonds is 5. The number of nitrogens with zero attached hydrogens (tertiary/aromatic N) is 5. The highest BCUT2D eigenvalue weighted by molar-refractivity contribution is 5.77. The van der Waals surface area contributed by atoms with Gasteiger partial charge in [-0.05, 0) is 24.3 Å². The molecule has 0 saturated carbocycles. The quantitative estimate of drug-likeness (QED) is 0.601. The van der Waals surface area contributed by atoms with E-state index in [1.807, 2.05) is 29.2 Å². The lowest BCUT2D eigenvalue weighted by Gasteiger charge is -2.16. The van der Waals surface area contributed by atoms with Crippen LogP contribution in [0.1, 0.15) is 0 Å². The van der Waals surface area contributed by atoms with Gasteiger partial charge in [0.15, 0.2) is 11.2 Å². The Hall–Kier alpha value is -3.11. The Balaban J connectivity index is 1.86. The smallest absolute Gasteiger partial charge is 0.332 e. The van der Waals surface area contributed by atoms with E-state index in [1.165, 1.54) is 11.6 Å². The second kappa shape index (κ2) is 6.80. The van der Waals surface area contributed by atoms with E-state index in [0.29, 0.717) is 24.6 Å². The second-order valence-corrected chi connectivity index (χ2v) is 6.68. The predicted molar refractivity (Wildman–Crippen MR) is 102 cm³/mol. The van der Waals surface area contributed by atoms with Gasteiger partial charge >= 0.3 is 5.69 Å². The largest absolute Gasteiger partial charge is 0.497 e. The maximum Gasteiger partial charge on any atom is 0.332 e. The van der Waals surface area contributed by atoms with Crippen LogP contribution in [0.4, 0.5) is 11.6 Å². The van der Waals surface area contributed by atoms with E-state index in [-0.39, 0.29) is 12.2 Å². The molecular weight excluding hydrogens is 366 g/mol. The molecule has 10 nitrogen and oxygen atoms in total. The summed E-state index contributed by atoms with van der Waals surface area (Å²) in [4.78, 5) is 32.0. The summed E-state index contributed by atoms with van der Waals surface area (Å²) < 4.78 is 9.20. The van der Waals surface area contributed by atoms with Crippen LogP contribution in [-0.4, -0.2) is 55.3 Å². The fourth-order valence-corrected chi connectivity index (χ4v) is 3.51. The standard InChI is InChI=1S/C18H21N5O5/c1-20-15-14(16(26)23(18(20)27)9-12(25)10-24)22-8-7-21(17(22)19-15)11-3-5-13(28-2)6-4-11/h3-6,12,24-25H,7-10H2,1-2H3/t12-/m1/s1. The topological polar surface area (TPSA) is 115 Å². The van der Waals surface area contributed by atoms with E-state index in [9.17, 15) is 14.7 Å². The molecule has 0 amide bonds. The molecule has 0 spiro atoms. The normalized spacial score (nSPS) is 14.5. The zero-order valence-electron chi connectivity index (χ0n) is 15.6. The summed E-state index contributed by atoms with van der Waals surface area (Å²) in [7, 11) is 3.13. The molecule has 3 aromatic rings. The van der Waals surface area contributed by atoms with Gasteiger partial charge in [-0.1, -0.05) is 0 Å². The van der Waals surface area contributed by atoms with Crippen molar-refractivity contribution in [1.82, 2.24) is 18.7 Å². The summed E-state index contributed by atoms with van der Waals surface area (Å²) in [6, 6.07) is 7.50. The van der Waals surface area contributed by atoms with E-state index < -0.39 is 24.0 Å². The molecule has 4 rings (SSSR count). The highest BCUT2D eigenvalue weighted by Crippen LogP contribution is 2.32. The molecule has 3 heterocycles. The van der Waals surface area contributed by atoms with E-state index in [4.69, 9.17) is 9.84 Å². The van der Waals surface area contributed by atoms with Gasteiger partial charge in [-0.15, -0.1) is 0 Å². The Labute approximate surface area is 159 Å². The fourth-order valence-electron chi connectivity index (χ4n) is 3.51. The molecule has 0 saturated heterocycles. The van der Waals surface area contributed by atoms with Crippen molar-refractivity contribution in [2.24, 2.45) is 7.05 Å². The van der Waals surface area contributed by atoms with E-state index in [2.05, 4.69) is 4.98 Å². The fraction of sp³-hybridized carbons (Fsp3) is 0.389. The Morgan fingerprint density at radius 3 is 2.57 bits per heavy atom. The Morgan fingerprint density at radius 1 is 1.21 bits per heavy atom. The molecule has 10 heteroatoms. The highest BCUT2D eigenvalue weighted by atomic mass is 16.5. The Bertz CT molecular complexity index is 1140. The molecule has 0 radical (unpaired) electrons. The first-order valence-corrected chi connectivity index (χ1v) is 8.86. The van der Waals surface area contributed by atoms with Crippen LogP contribution in [0.25, 0.3) is 11.2 Å². The summed E-state index contributed by atoms with van der Waals surface area (Å²) in [6.45, 7) is 0.351. The third kappa shape index (κ3) is 2.69. The number of aliphatic hydroxyl groups excluding tert-OH is 2. The molecule has 0 unspecified atom stereocenters. The van der Waals surface area contributed by atoms with Crippen LogP contribution < -0.4 is 20.9 Å². The third-order valence-electron chi connectivity index (χ3n) is 4.99. The number of methoxy groups -OCH3 is 1. The zero-order valence-corrected chi connectivity index (χ0v) is 15.6. The SMILES string of the molecule is COc1ccc(N2CCn3c2nc2c3c(=O)n(C[C@@H](O)CO)c(=O)n2C)cc1. The summed E-state index contributed by atoms with van der Waals surface area (Å²) >= 11 is 0. The minimum atomic E-state index is -1.19. The van der Waals surface area contributed by atoms with Crippen molar-refractivity contribution < 1.29 is 14.9 Å². The first-order valence-electron chi connectivity index (χ1n) is 8.86. The number of ether oxygens (including phenoxy) is 1. The van der Waals surface area contributed by atoms with Gasteiger partial charge in [0, 0.05) is 25.8 Å². The Kier molecular flexibility index (Phi) is 4.44. The van der Waals surface area contributed by atoms with Gasteiger partial charge in [-0.25, -0.2) is 4.79 Å². The lowest BCUT2D eigenvalue weighted by Crippen LogP contribution is -2.42. The van der Waals surface area contributed by atoms with Crippen LogP contribution in [0.3, 0.4) is 0 Å².